The lowest BCUT2D eigenvalue weighted by Gasteiger charge is -2.43. The van der Waals surface area contributed by atoms with Gasteiger partial charge in [0.1, 0.15) is 0 Å². The van der Waals surface area contributed by atoms with Crippen molar-refractivity contribution in [1.29, 1.82) is 0 Å². The highest BCUT2D eigenvalue weighted by Gasteiger charge is 2.39. The summed E-state index contributed by atoms with van der Waals surface area (Å²) in [5.41, 5.74) is 2.67. The van der Waals surface area contributed by atoms with E-state index in [0.717, 1.165) is 63.4 Å². The molecule has 190 valence electrons. The first-order valence-electron chi connectivity index (χ1n) is 12.6. The van der Waals surface area contributed by atoms with E-state index >= 15 is 0 Å². The lowest BCUT2D eigenvalue weighted by atomic mass is 10.0. The molecule has 2 fully saturated rings. The van der Waals surface area contributed by atoms with Crippen molar-refractivity contribution in [3.63, 3.8) is 0 Å². The molecule has 0 atom stereocenters. The van der Waals surface area contributed by atoms with Crippen molar-refractivity contribution in [2.24, 2.45) is 0 Å². The van der Waals surface area contributed by atoms with Crippen molar-refractivity contribution in [3.8, 4) is 0 Å². The van der Waals surface area contributed by atoms with Crippen LogP contribution in [0.25, 0.3) is 0 Å². The number of halogens is 1. The Bertz CT molecular complexity index is 1140. The molecule has 2 saturated heterocycles. The van der Waals surface area contributed by atoms with E-state index in [9.17, 15) is 14.4 Å². The van der Waals surface area contributed by atoms with Gasteiger partial charge in [-0.15, -0.1) is 0 Å². The average molecular weight is 511 g/mol. The number of imide groups is 1. The third-order valence-electron chi connectivity index (χ3n) is 7.39. The summed E-state index contributed by atoms with van der Waals surface area (Å²) in [5.74, 6) is -0.492. The van der Waals surface area contributed by atoms with Crippen LogP contribution in [0.4, 0.5) is 10.5 Å². The molecule has 0 aliphatic carbocycles. The number of piperazine rings is 1. The highest BCUT2D eigenvalue weighted by Crippen LogP contribution is 2.33. The van der Waals surface area contributed by atoms with Crippen LogP contribution >= 0.6 is 11.6 Å². The number of hydrogen-bond acceptors (Lipinski definition) is 6. The van der Waals surface area contributed by atoms with Gasteiger partial charge in [-0.2, -0.15) is 0 Å². The summed E-state index contributed by atoms with van der Waals surface area (Å²) in [5, 5.41) is 0.618. The van der Waals surface area contributed by atoms with Gasteiger partial charge in [0, 0.05) is 50.3 Å². The van der Waals surface area contributed by atoms with Gasteiger partial charge in [-0.1, -0.05) is 29.8 Å². The van der Waals surface area contributed by atoms with Crippen molar-refractivity contribution in [3.05, 3.63) is 64.2 Å². The molecular formula is C27H31ClN4O4. The SMILES string of the molecule is CCOC(=O)N1CCC(N2CCN(c3cccc4c3C(=O)N(Cc3ccc(Cl)cc3)C4=O)CC2)CC1. The number of benzene rings is 2. The number of fused-ring (bicyclic) bond motifs is 1. The summed E-state index contributed by atoms with van der Waals surface area (Å²) >= 11 is 5.98. The molecule has 3 aliphatic heterocycles. The second-order valence-corrected chi connectivity index (χ2v) is 9.90. The minimum Gasteiger partial charge on any atom is -0.450 e. The van der Waals surface area contributed by atoms with Gasteiger partial charge in [0.2, 0.25) is 0 Å². The molecule has 0 bridgehead atoms. The zero-order valence-electron chi connectivity index (χ0n) is 20.5. The number of likely N-dealkylation sites (tertiary alicyclic amines) is 1. The van der Waals surface area contributed by atoms with E-state index < -0.39 is 0 Å². The van der Waals surface area contributed by atoms with Crippen molar-refractivity contribution in [1.82, 2.24) is 14.7 Å². The summed E-state index contributed by atoms with van der Waals surface area (Å²) < 4.78 is 5.13. The van der Waals surface area contributed by atoms with E-state index in [4.69, 9.17) is 16.3 Å². The fourth-order valence-electron chi connectivity index (χ4n) is 5.45. The minimum absolute atomic E-state index is 0.219. The second kappa shape index (κ2) is 10.5. The number of anilines is 1. The van der Waals surface area contributed by atoms with Crippen molar-refractivity contribution >= 4 is 35.2 Å². The van der Waals surface area contributed by atoms with Gasteiger partial charge < -0.3 is 14.5 Å². The Labute approximate surface area is 216 Å². The topological polar surface area (TPSA) is 73.4 Å². The van der Waals surface area contributed by atoms with Crippen LogP contribution in [0.1, 0.15) is 46.0 Å². The maximum Gasteiger partial charge on any atom is 0.409 e. The van der Waals surface area contributed by atoms with Crippen LogP contribution in [0.5, 0.6) is 0 Å². The third-order valence-corrected chi connectivity index (χ3v) is 7.64. The molecule has 0 aromatic heterocycles. The lowest BCUT2D eigenvalue weighted by molar-refractivity contribution is 0.0640. The van der Waals surface area contributed by atoms with Gasteiger partial charge >= 0.3 is 6.09 Å². The molecule has 3 aliphatic rings. The van der Waals surface area contributed by atoms with Crippen LogP contribution in [-0.4, -0.2) is 84.5 Å². The number of piperidine rings is 1. The Morgan fingerprint density at radius 2 is 1.64 bits per heavy atom. The van der Waals surface area contributed by atoms with E-state index in [2.05, 4.69) is 9.80 Å². The zero-order valence-corrected chi connectivity index (χ0v) is 21.2. The van der Waals surface area contributed by atoms with Crippen molar-refractivity contribution in [2.45, 2.75) is 32.4 Å². The van der Waals surface area contributed by atoms with Gasteiger partial charge in [0.25, 0.3) is 11.8 Å². The molecular weight excluding hydrogens is 480 g/mol. The molecule has 3 amide bonds. The summed E-state index contributed by atoms with van der Waals surface area (Å²) in [6.07, 6.45) is 1.65. The van der Waals surface area contributed by atoms with Gasteiger partial charge in [-0.05, 0) is 49.6 Å². The van der Waals surface area contributed by atoms with Crippen LogP contribution < -0.4 is 4.90 Å². The lowest BCUT2D eigenvalue weighted by Crippen LogP contribution is -2.54. The largest absolute Gasteiger partial charge is 0.450 e. The van der Waals surface area contributed by atoms with Gasteiger partial charge in [0.15, 0.2) is 0 Å². The number of hydrogen-bond donors (Lipinski definition) is 0. The van der Waals surface area contributed by atoms with Crippen LogP contribution in [-0.2, 0) is 11.3 Å². The number of carbonyl (C=O) groups is 3. The zero-order chi connectivity index (χ0) is 25.2. The Morgan fingerprint density at radius 1 is 0.944 bits per heavy atom. The van der Waals surface area contributed by atoms with Crippen LogP contribution in [0, 0.1) is 0 Å². The summed E-state index contributed by atoms with van der Waals surface area (Å²) in [4.78, 5) is 46.3. The number of rotatable bonds is 5. The highest BCUT2D eigenvalue weighted by atomic mass is 35.5. The maximum atomic E-state index is 13.4. The molecule has 0 saturated carbocycles. The van der Waals surface area contributed by atoms with Gasteiger partial charge in [0.05, 0.1) is 30.0 Å². The molecule has 3 heterocycles. The number of amides is 3. The van der Waals surface area contributed by atoms with E-state index in [1.165, 1.54) is 4.90 Å². The smallest absolute Gasteiger partial charge is 0.409 e. The van der Waals surface area contributed by atoms with E-state index in [1.807, 2.05) is 31.2 Å². The Morgan fingerprint density at radius 3 is 2.31 bits per heavy atom. The molecule has 0 unspecified atom stereocenters. The predicted molar refractivity (Wildman–Crippen MR) is 138 cm³/mol. The van der Waals surface area contributed by atoms with Crippen molar-refractivity contribution in [2.75, 3.05) is 50.8 Å². The molecule has 2 aromatic carbocycles. The van der Waals surface area contributed by atoms with Gasteiger partial charge in [-0.25, -0.2) is 4.79 Å². The molecule has 0 N–H and O–H groups in total. The summed E-state index contributed by atoms with van der Waals surface area (Å²) in [6.45, 7) is 7.21. The third kappa shape index (κ3) is 4.80. The number of ether oxygens (including phenoxy) is 1. The first kappa shape index (κ1) is 24.6. The monoisotopic (exact) mass is 510 g/mol. The molecule has 5 rings (SSSR count). The molecule has 9 heteroatoms. The maximum absolute atomic E-state index is 13.4. The van der Waals surface area contributed by atoms with E-state index in [-0.39, 0.29) is 24.5 Å². The van der Waals surface area contributed by atoms with E-state index in [1.54, 1.807) is 23.1 Å². The number of nitrogens with zero attached hydrogens (tertiary/aromatic N) is 4. The summed E-state index contributed by atoms with van der Waals surface area (Å²) in [6, 6.07) is 13.2. The Hall–Kier alpha value is -3.10. The van der Waals surface area contributed by atoms with Gasteiger partial charge in [-0.3, -0.25) is 19.4 Å². The van der Waals surface area contributed by atoms with Crippen LogP contribution in [0.3, 0.4) is 0 Å². The standard InChI is InChI=1S/C27H31ClN4O4/c1-2-36-27(35)31-12-10-21(11-13-31)29-14-16-30(17-15-29)23-5-3-4-22-24(23)26(34)32(25(22)33)18-19-6-8-20(28)9-7-19/h3-9,21H,2,10-18H2,1H3. The van der Waals surface area contributed by atoms with Crippen molar-refractivity contribution < 1.29 is 19.1 Å². The number of carbonyl (C=O) groups excluding carboxylic acids is 3. The Kier molecular flexibility index (Phi) is 7.16. The average Bonchev–Trinajstić information content (AvgIpc) is 3.15. The molecule has 0 spiro atoms. The normalized spacial score (nSPS) is 19.1. The van der Waals surface area contributed by atoms with Crippen LogP contribution in [0.2, 0.25) is 5.02 Å². The van der Waals surface area contributed by atoms with E-state index in [0.29, 0.717) is 28.8 Å². The fourth-order valence-corrected chi connectivity index (χ4v) is 5.58. The molecule has 36 heavy (non-hydrogen) atoms. The first-order chi connectivity index (χ1) is 17.5. The Balaban J connectivity index is 1.23. The quantitative estimate of drug-likeness (QED) is 0.568. The second-order valence-electron chi connectivity index (χ2n) is 9.46. The predicted octanol–water partition coefficient (Wildman–Crippen LogP) is 3.88. The first-order valence-corrected chi connectivity index (χ1v) is 13.0. The minimum atomic E-state index is -0.251. The fraction of sp³-hybridized carbons (Fsp3) is 0.444. The molecule has 0 radical (unpaired) electrons. The summed E-state index contributed by atoms with van der Waals surface area (Å²) in [7, 11) is 0. The van der Waals surface area contributed by atoms with Crippen LogP contribution in [0.15, 0.2) is 42.5 Å². The molecule has 2 aromatic rings. The molecule has 8 nitrogen and oxygen atoms in total. The highest BCUT2D eigenvalue weighted by molar-refractivity contribution is 6.30.